The molecule has 0 aliphatic rings. The van der Waals surface area contributed by atoms with Crippen LogP contribution in [0.4, 0.5) is 20.6 Å². The van der Waals surface area contributed by atoms with Crippen LogP contribution >= 0.6 is 11.6 Å². The summed E-state index contributed by atoms with van der Waals surface area (Å²) in [4.78, 5) is 21.0. The highest BCUT2D eigenvalue weighted by Gasteiger charge is 2.16. The highest BCUT2D eigenvalue weighted by molar-refractivity contribution is 6.30. The SMILES string of the molecule is O=C(O)Nc1ccc(CCc2ccc(Cl)c(F)c2)cc1[N+](=O)[O-]. The monoisotopic (exact) mass is 338 g/mol. The molecule has 0 saturated heterocycles. The average Bonchev–Trinajstić information content (AvgIpc) is 2.48. The summed E-state index contributed by atoms with van der Waals surface area (Å²) in [6.45, 7) is 0. The molecule has 6 nitrogen and oxygen atoms in total. The number of amides is 1. The predicted molar refractivity (Wildman–Crippen MR) is 83.6 cm³/mol. The first-order chi connectivity index (χ1) is 10.9. The van der Waals surface area contributed by atoms with Gasteiger partial charge in [0, 0.05) is 6.07 Å². The fourth-order valence-electron chi connectivity index (χ4n) is 2.09. The number of anilines is 1. The van der Waals surface area contributed by atoms with E-state index in [0.717, 1.165) is 0 Å². The molecule has 0 heterocycles. The molecule has 0 aliphatic carbocycles. The maximum atomic E-state index is 13.4. The Kier molecular flexibility index (Phi) is 5.13. The Balaban J connectivity index is 2.16. The third kappa shape index (κ3) is 4.40. The van der Waals surface area contributed by atoms with Gasteiger partial charge in [0.1, 0.15) is 11.5 Å². The first-order valence-corrected chi connectivity index (χ1v) is 6.96. The van der Waals surface area contributed by atoms with E-state index in [1.807, 2.05) is 5.32 Å². The molecule has 0 spiro atoms. The minimum Gasteiger partial charge on any atom is -0.465 e. The van der Waals surface area contributed by atoms with Crippen LogP contribution in [0.3, 0.4) is 0 Å². The van der Waals surface area contributed by atoms with Crippen molar-refractivity contribution in [3.63, 3.8) is 0 Å². The maximum Gasteiger partial charge on any atom is 0.409 e. The molecule has 0 radical (unpaired) electrons. The molecular formula is C15H12ClFN2O4. The van der Waals surface area contributed by atoms with Crippen molar-refractivity contribution in [2.45, 2.75) is 12.8 Å². The largest absolute Gasteiger partial charge is 0.465 e. The number of rotatable bonds is 5. The second-order valence-electron chi connectivity index (χ2n) is 4.79. The van der Waals surface area contributed by atoms with E-state index in [4.69, 9.17) is 16.7 Å². The summed E-state index contributed by atoms with van der Waals surface area (Å²) in [5.74, 6) is -0.517. The number of halogens is 2. The van der Waals surface area contributed by atoms with E-state index < -0.39 is 16.8 Å². The number of carbonyl (C=O) groups is 1. The predicted octanol–water partition coefficient (Wildman–Crippen LogP) is 4.26. The average molecular weight is 339 g/mol. The summed E-state index contributed by atoms with van der Waals surface area (Å²) in [6, 6.07) is 8.68. The number of hydrogen-bond acceptors (Lipinski definition) is 3. The van der Waals surface area contributed by atoms with Crippen LogP contribution in [0.5, 0.6) is 0 Å². The van der Waals surface area contributed by atoms with Crippen molar-refractivity contribution < 1.29 is 19.2 Å². The van der Waals surface area contributed by atoms with Gasteiger partial charge < -0.3 is 5.11 Å². The van der Waals surface area contributed by atoms with Crippen molar-refractivity contribution in [2.75, 3.05) is 5.32 Å². The van der Waals surface area contributed by atoms with Crippen LogP contribution < -0.4 is 5.32 Å². The van der Waals surface area contributed by atoms with E-state index in [0.29, 0.717) is 24.0 Å². The number of nitrogens with one attached hydrogen (secondary N) is 1. The summed E-state index contributed by atoms with van der Waals surface area (Å²) in [6.07, 6.45) is -0.468. The Labute approximate surface area is 135 Å². The lowest BCUT2D eigenvalue weighted by molar-refractivity contribution is -0.384. The minimum atomic E-state index is -1.38. The van der Waals surface area contributed by atoms with Gasteiger partial charge in [-0.15, -0.1) is 0 Å². The van der Waals surface area contributed by atoms with Gasteiger partial charge in [0.15, 0.2) is 0 Å². The molecule has 1 amide bonds. The summed E-state index contributed by atoms with van der Waals surface area (Å²) in [7, 11) is 0. The smallest absolute Gasteiger partial charge is 0.409 e. The lowest BCUT2D eigenvalue weighted by atomic mass is 10.0. The molecule has 2 rings (SSSR count). The molecule has 0 aliphatic heterocycles. The maximum absolute atomic E-state index is 13.4. The number of nitro benzene ring substituents is 1. The van der Waals surface area contributed by atoms with Gasteiger partial charge >= 0.3 is 6.09 Å². The summed E-state index contributed by atoms with van der Waals surface area (Å²) in [5.41, 5.74) is 0.932. The summed E-state index contributed by atoms with van der Waals surface area (Å²) >= 11 is 5.61. The number of hydrogen-bond donors (Lipinski definition) is 2. The highest BCUT2D eigenvalue weighted by atomic mass is 35.5. The molecule has 2 aromatic rings. The molecule has 120 valence electrons. The third-order valence-electron chi connectivity index (χ3n) is 3.19. The fourth-order valence-corrected chi connectivity index (χ4v) is 2.21. The van der Waals surface area contributed by atoms with Crippen molar-refractivity contribution in [2.24, 2.45) is 0 Å². The minimum absolute atomic E-state index is 0.0356. The van der Waals surface area contributed by atoms with Crippen LogP contribution in [-0.4, -0.2) is 16.1 Å². The second kappa shape index (κ2) is 7.06. The number of nitrogens with zero attached hydrogens (tertiary/aromatic N) is 1. The molecule has 0 saturated carbocycles. The number of benzene rings is 2. The fraction of sp³-hybridized carbons (Fsp3) is 0.133. The summed E-state index contributed by atoms with van der Waals surface area (Å²) < 4.78 is 13.4. The normalized spacial score (nSPS) is 10.3. The van der Waals surface area contributed by atoms with Gasteiger partial charge in [-0.25, -0.2) is 9.18 Å². The zero-order valence-electron chi connectivity index (χ0n) is 11.8. The van der Waals surface area contributed by atoms with E-state index in [1.54, 1.807) is 12.1 Å². The Bertz CT molecular complexity index is 767. The molecular weight excluding hydrogens is 327 g/mol. The van der Waals surface area contributed by atoms with E-state index in [2.05, 4.69) is 0 Å². The van der Waals surface area contributed by atoms with Gasteiger partial charge in [-0.3, -0.25) is 15.4 Å². The lowest BCUT2D eigenvalue weighted by Gasteiger charge is -2.06. The van der Waals surface area contributed by atoms with Gasteiger partial charge in [0.05, 0.1) is 9.95 Å². The van der Waals surface area contributed by atoms with Crippen LogP contribution in [-0.2, 0) is 12.8 Å². The van der Waals surface area contributed by atoms with Gasteiger partial charge in [0.25, 0.3) is 5.69 Å². The van der Waals surface area contributed by atoms with Crippen molar-refractivity contribution in [1.82, 2.24) is 0 Å². The molecule has 2 aromatic carbocycles. The Morgan fingerprint density at radius 2 is 1.83 bits per heavy atom. The molecule has 0 bridgehead atoms. The zero-order valence-corrected chi connectivity index (χ0v) is 12.5. The van der Waals surface area contributed by atoms with Crippen LogP contribution in [0.25, 0.3) is 0 Å². The standard InChI is InChI=1S/C15H12ClFN2O4/c16-11-5-3-9(7-12(11)17)1-2-10-4-6-13(18-15(20)21)14(8-10)19(22)23/h3-8,18H,1-2H2,(H,20,21). The molecule has 0 unspecified atom stereocenters. The van der Waals surface area contributed by atoms with Crippen LogP contribution in [0.1, 0.15) is 11.1 Å². The van der Waals surface area contributed by atoms with Crippen molar-refractivity contribution >= 4 is 29.1 Å². The van der Waals surface area contributed by atoms with E-state index in [9.17, 15) is 19.3 Å². The molecule has 2 N–H and O–H groups in total. The van der Waals surface area contributed by atoms with Crippen molar-refractivity contribution in [3.05, 3.63) is 68.5 Å². The molecule has 0 aromatic heterocycles. The van der Waals surface area contributed by atoms with Crippen LogP contribution in [0.15, 0.2) is 36.4 Å². The molecule has 23 heavy (non-hydrogen) atoms. The Morgan fingerprint density at radius 3 is 2.39 bits per heavy atom. The van der Waals surface area contributed by atoms with Gasteiger partial charge in [0.2, 0.25) is 0 Å². The molecule has 8 heteroatoms. The molecule has 0 atom stereocenters. The first kappa shape index (κ1) is 16.7. The lowest BCUT2D eigenvalue weighted by Crippen LogP contribution is -2.09. The van der Waals surface area contributed by atoms with Gasteiger partial charge in [-0.2, -0.15) is 0 Å². The zero-order chi connectivity index (χ0) is 17.0. The van der Waals surface area contributed by atoms with E-state index in [1.165, 1.54) is 24.3 Å². The van der Waals surface area contributed by atoms with Crippen LogP contribution in [0.2, 0.25) is 5.02 Å². The molecule has 0 fully saturated rings. The van der Waals surface area contributed by atoms with E-state index >= 15 is 0 Å². The first-order valence-electron chi connectivity index (χ1n) is 6.58. The highest BCUT2D eigenvalue weighted by Crippen LogP contribution is 2.26. The third-order valence-corrected chi connectivity index (χ3v) is 3.49. The Hall–Kier alpha value is -2.67. The van der Waals surface area contributed by atoms with Crippen molar-refractivity contribution in [3.8, 4) is 0 Å². The number of carboxylic acid groups (broad SMARTS) is 1. The van der Waals surface area contributed by atoms with E-state index in [-0.39, 0.29) is 16.4 Å². The van der Waals surface area contributed by atoms with Crippen LogP contribution in [0, 0.1) is 15.9 Å². The van der Waals surface area contributed by atoms with Gasteiger partial charge in [-0.1, -0.05) is 23.7 Å². The van der Waals surface area contributed by atoms with Crippen molar-refractivity contribution in [1.29, 1.82) is 0 Å². The number of aryl methyl sites for hydroxylation is 2. The quantitative estimate of drug-likeness (QED) is 0.629. The number of nitro groups is 1. The summed E-state index contributed by atoms with van der Waals surface area (Å²) in [5, 5.41) is 21.7. The van der Waals surface area contributed by atoms with Gasteiger partial charge in [-0.05, 0) is 42.2 Å². The second-order valence-corrected chi connectivity index (χ2v) is 5.19. The topological polar surface area (TPSA) is 92.5 Å². The Morgan fingerprint density at radius 1 is 1.22 bits per heavy atom.